The molecule has 30 heavy (non-hydrogen) atoms. The molecule has 0 spiro atoms. The number of rotatable bonds is 9. The van der Waals surface area contributed by atoms with Gasteiger partial charge in [0.15, 0.2) is 0 Å². The van der Waals surface area contributed by atoms with Gasteiger partial charge in [-0.1, -0.05) is 19.4 Å². The minimum Gasteiger partial charge on any atom is -0.486 e. The van der Waals surface area contributed by atoms with Gasteiger partial charge in [-0.2, -0.15) is 0 Å². The number of furan rings is 1. The summed E-state index contributed by atoms with van der Waals surface area (Å²) in [7, 11) is 0. The van der Waals surface area contributed by atoms with E-state index < -0.39 is 5.54 Å². The highest BCUT2D eigenvalue weighted by Gasteiger charge is 2.30. The fourth-order valence-corrected chi connectivity index (χ4v) is 4.05. The maximum atomic E-state index is 9.47. The molecule has 3 aromatic rings. The maximum Gasteiger partial charge on any atom is 0.146 e. The third-order valence-corrected chi connectivity index (χ3v) is 5.73. The predicted octanol–water partition coefficient (Wildman–Crippen LogP) is 3.01. The normalized spacial score (nSPS) is 13.8. The zero-order valence-electron chi connectivity index (χ0n) is 17.4. The number of fused-ring (bicyclic) bond motifs is 2. The number of aryl methyl sites for hydroxylation is 1. The number of nitrogens with two attached hydrogens (primary N) is 1. The van der Waals surface area contributed by atoms with Crippen LogP contribution in [0.25, 0.3) is 11.0 Å². The Morgan fingerprint density at radius 2 is 1.97 bits per heavy atom. The van der Waals surface area contributed by atoms with Gasteiger partial charge in [-0.3, -0.25) is 0 Å². The lowest BCUT2D eigenvalue weighted by molar-refractivity contribution is 0.125. The maximum absolute atomic E-state index is 9.47. The summed E-state index contributed by atoms with van der Waals surface area (Å²) >= 11 is 0. The Balaban J connectivity index is 1.42. The van der Waals surface area contributed by atoms with Crippen LogP contribution in [0.3, 0.4) is 0 Å². The molecule has 0 radical (unpaired) electrons. The summed E-state index contributed by atoms with van der Waals surface area (Å²) in [4.78, 5) is 2.11. The smallest absolute Gasteiger partial charge is 0.146 e. The van der Waals surface area contributed by atoms with Gasteiger partial charge >= 0.3 is 0 Å². The molecule has 0 amide bonds. The fourth-order valence-electron chi connectivity index (χ4n) is 4.05. The first-order valence-electron chi connectivity index (χ1n) is 10.6. The van der Waals surface area contributed by atoms with Crippen molar-refractivity contribution in [3.8, 4) is 5.75 Å². The molecule has 6 nitrogen and oxygen atoms in total. The molecule has 6 heteroatoms. The lowest BCUT2D eigenvalue weighted by atomic mass is 10.0. The zero-order chi connectivity index (χ0) is 21.1. The second-order valence-corrected chi connectivity index (χ2v) is 8.26. The number of ether oxygens (including phenoxy) is 1. The van der Waals surface area contributed by atoms with Crippen molar-refractivity contribution >= 4 is 16.7 Å². The predicted molar refractivity (Wildman–Crippen MR) is 118 cm³/mol. The van der Waals surface area contributed by atoms with E-state index in [0.29, 0.717) is 13.2 Å². The average Bonchev–Trinajstić information content (AvgIpc) is 3.35. The summed E-state index contributed by atoms with van der Waals surface area (Å²) in [5.74, 6) is 1.60. The molecule has 0 atom stereocenters. The molecule has 2 aromatic carbocycles. The number of nitrogens with zero attached hydrogens (tertiary/aromatic N) is 1. The Kier molecular flexibility index (Phi) is 5.99. The molecule has 0 saturated carbocycles. The van der Waals surface area contributed by atoms with Crippen LogP contribution in [0, 0.1) is 0 Å². The van der Waals surface area contributed by atoms with E-state index in [2.05, 4.69) is 24.0 Å². The van der Waals surface area contributed by atoms with Crippen molar-refractivity contribution in [2.75, 3.05) is 31.2 Å². The topological polar surface area (TPSA) is 92.1 Å². The van der Waals surface area contributed by atoms with Crippen molar-refractivity contribution in [3.05, 3.63) is 59.4 Å². The first-order valence-corrected chi connectivity index (χ1v) is 10.6. The number of aliphatic hydroxyl groups is 2. The van der Waals surface area contributed by atoms with Crippen LogP contribution >= 0.6 is 0 Å². The second kappa shape index (κ2) is 8.68. The number of aliphatic hydroxyl groups excluding tert-OH is 2. The summed E-state index contributed by atoms with van der Waals surface area (Å²) in [6.07, 6.45) is 3.08. The summed E-state index contributed by atoms with van der Waals surface area (Å²) in [6, 6.07) is 14.4. The van der Waals surface area contributed by atoms with Gasteiger partial charge in [0.05, 0.1) is 18.8 Å². The SMILES string of the molecule is CCCc1ccc2oc(COc3ccc4c(c3)CCN4CC(N)(CO)CO)cc2c1. The molecule has 4 rings (SSSR count). The number of anilines is 1. The quantitative estimate of drug-likeness (QED) is 0.502. The van der Waals surface area contributed by atoms with Crippen molar-refractivity contribution in [1.29, 1.82) is 0 Å². The Hall–Kier alpha value is -2.54. The standard InChI is InChI=1S/C24H30N2O4/c1-2-3-17-4-7-23-19(10-17)12-21(30-23)13-29-20-5-6-22-18(11-20)8-9-26(22)14-24(25,15-27)16-28/h4-7,10-12,27-28H,2-3,8-9,13-16,25H2,1H3. The Morgan fingerprint density at radius 3 is 2.73 bits per heavy atom. The van der Waals surface area contributed by atoms with Crippen LogP contribution in [-0.2, 0) is 19.4 Å². The third kappa shape index (κ3) is 4.31. The Bertz CT molecular complexity index is 1010. The van der Waals surface area contributed by atoms with Gasteiger partial charge in [0.2, 0.25) is 0 Å². The molecular weight excluding hydrogens is 380 g/mol. The minimum atomic E-state index is -1.00. The lowest BCUT2D eigenvalue weighted by Crippen LogP contribution is -2.55. The van der Waals surface area contributed by atoms with Gasteiger partial charge in [-0.15, -0.1) is 0 Å². The molecule has 0 unspecified atom stereocenters. The van der Waals surface area contributed by atoms with Crippen LogP contribution in [0.15, 0.2) is 46.9 Å². The molecular formula is C24H30N2O4. The number of hydrogen-bond donors (Lipinski definition) is 3. The number of benzene rings is 2. The van der Waals surface area contributed by atoms with Gasteiger partial charge in [0, 0.05) is 24.2 Å². The first kappa shape index (κ1) is 20.7. The van der Waals surface area contributed by atoms with Gasteiger partial charge in [0.1, 0.15) is 23.7 Å². The molecule has 2 heterocycles. The van der Waals surface area contributed by atoms with Crippen molar-refractivity contribution in [3.63, 3.8) is 0 Å². The second-order valence-electron chi connectivity index (χ2n) is 8.26. The van der Waals surface area contributed by atoms with E-state index in [1.807, 2.05) is 30.3 Å². The largest absolute Gasteiger partial charge is 0.486 e. The fraction of sp³-hybridized carbons (Fsp3) is 0.417. The van der Waals surface area contributed by atoms with Crippen LogP contribution < -0.4 is 15.4 Å². The monoisotopic (exact) mass is 410 g/mol. The minimum absolute atomic E-state index is 0.256. The van der Waals surface area contributed by atoms with Gasteiger partial charge in [-0.25, -0.2) is 0 Å². The third-order valence-electron chi connectivity index (χ3n) is 5.73. The molecule has 1 aliphatic heterocycles. The summed E-state index contributed by atoms with van der Waals surface area (Å²) in [5, 5.41) is 20.1. The highest BCUT2D eigenvalue weighted by molar-refractivity contribution is 5.78. The van der Waals surface area contributed by atoms with Crippen molar-refractivity contribution in [2.45, 2.75) is 38.3 Å². The summed E-state index contributed by atoms with van der Waals surface area (Å²) < 4.78 is 11.9. The van der Waals surface area contributed by atoms with E-state index in [9.17, 15) is 10.2 Å². The van der Waals surface area contributed by atoms with E-state index >= 15 is 0 Å². The van der Waals surface area contributed by atoms with Gasteiger partial charge in [-0.05, 0) is 60.4 Å². The first-order chi connectivity index (χ1) is 14.5. The lowest BCUT2D eigenvalue weighted by Gasteiger charge is -2.31. The van der Waals surface area contributed by atoms with Crippen molar-refractivity contribution in [1.82, 2.24) is 0 Å². The molecule has 0 aliphatic carbocycles. The average molecular weight is 411 g/mol. The van der Waals surface area contributed by atoms with Gasteiger partial charge < -0.3 is 30.0 Å². The molecule has 1 aromatic heterocycles. The van der Waals surface area contributed by atoms with Crippen molar-refractivity contribution < 1.29 is 19.4 Å². The molecule has 0 saturated heterocycles. The van der Waals surface area contributed by atoms with E-state index in [1.54, 1.807) is 0 Å². The molecule has 1 aliphatic rings. The van der Waals surface area contributed by atoms with E-state index in [1.165, 1.54) is 11.1 Å². The Morgan fingerprint density at radius 1 is 1.13 bits per heavy atom. The van der Waals surface area contributed by atoms with Crippen LogP contribution in [-0.4, -0.2) is 42.1 Å². The highest BCUT2D eigenvalue weighted by Crippen LogP contribution is 2.32. The number of hydrogen-bond acceptors (Lipinski definition) is 6. The molecule has 0 fully saturated rings. The Labute approximate surface area is 176 Å². The van der Waals surface area contributed by atoms with Crippen molar-refractivity contribution in [2.24, 2.45) is 5.73 Å². The van der Waals surface area contributed by atoms with E-state index in [-0.39, 0.29) is 13.2 Å². The van der Waals surface area contributed by atoms with Crippen LogP contribution in [0.1, 0.15) is 30.2 Å². The van der Waals surface area contributed by atoms with E-state index in [0.717, 1.165) is 54.0 Å². The highest BCUT2D eigenvalue weighted by atomic mass is 16.5. The summed E-state index contributed by atoms with van der Waals surface area (Å²) in [6.45, 7) is 3.26. The zero-order valence-corrected chi connectivity index (χ0v) is 17.4. The molecule has 160 valence electrons. The summed E-state index contributed by atoms with van der Waals surface area (Å²) in [5.41, 5.74) is 9.52. The van der Waals surface area contributed by atoms with Crippen LogP contribution in [0.4, 0.5) is 5.69 Å². The van der Waals surface area contributed by atoms with Gasteiger partial charge in [0.25, 0.3) is 0 Å². The molecule has 4 N–H and O–H groups in total. The van der Waals surface area contributed by atoms with Crippen LogP contribution in [0.2, 0.25) is 0 Å². The van der Waals surface area contributed by atoms with E-state index in [4.69, 9.17) is 14.9 Å². The van der Waals surface area contributed by atoms with Crippen LogP contribution in [0.5, 0.6) is 5.75 Å². The molecule has 0 bridgehead atoms.